The first-order valence-corrected chi connectivity index (χ1v) is 6.12. The van der Waals surface area contributed by atoms with Crippen LogP contribution in [0.2, 0.25) is 0 Å². The zero-order chi connectivity index (χ0) is 13.8. The van der Waals surface area contributed by atoms with Crippen molar-refractivity contribution in [2.45, 2.75) is 13.8 Å². The highest BCUT2D eigenvalue weighted by Crippen LogP contribution is 2.33. The van der Waals surface area contributed by atoms with Gasteiger partial charge in [0, 0.05) is 11.1 Å². The number of hydrogen-bond acceptors (Lipinski definition) is 2. The maximum Gasteiger partial charge on any atom is 0.338 e. The van der Waals surface area contributed by atoms with Gasteiger partial charge in [0.1, 0.15) is 5.75 Å². The van der Waals surface area contributed by atoms with E-state index in [2.05, 4.69) is 6.58 Å². The number of rotatable bonds is 3. The Balaban J connectivity index is 2.48. The molecule has 0 N–H and O–H groups in total. The van der Waals surface area contributed by atoms with Crippen molar-refractivity contribution >= 4 is 5.97 Å². The van der Waals surface area contributed by atoms with E-state index in [-0.39, 0.29) is 0 Å². The molecule has 96 valence electrons. The molecule has 0 bridgehead atoms. The van der Waals surface area contributed by atoms with Crippen molar-refractivity contribution in [2.75, 3.05) is 0 Å². The molecular weight excluding hydrogens is 236 g/mol. The third-order valence-electron chi connectivity index (χ3n) is 2.84. The Morgan fingerprint density at radius 3 is 2.37 bits per heavy atom. The van der Waals surface area contributed by atoms with E-state index in [1.54, 1.807) is 6.92 Å². The maximum atomic E-state index is 11.7. The van der Waals surface area contributed by atoms with Crippen LogP contribution in [0.4, 0.5) is 0 Å². The van der Waals surface area contributed by atoms with Gasteiger partial charge < -0.3 is 4.74 Å². The third kappa shape index (κ3) is 2.91. The van der Waals surface area contributed by atoms with Gasteiger partial charge in [-0.2, -0.15) is 0 Å². The molecule has 0 heterocycles. The summed E-state index contributed by atoms with van der Waals surface area (Å²) in [4.78, 5) is 11.7. The molecule has 2 heteroatoms. The minimum absolute atomic E-state index is 0.391. The minimum atomic E-state index is -0.397. The van der Waals surface area contributed by atoms with Gasteiger partial charge in [-0.05, 0) is 25.0 Å². The third-order valence-corrected chi connectivity index (χ3v) is 2.84. The summed E-state index contributed by atoms with van der Waals surface area (Å²) >= 11 is 0. The van der Waals surface area contributed by atoms with Gasteiger partial charge in [0.2, 0.25) is 0 Å². The molecular formula is C17H16O2. The summed E-state index contributed by atoms with van der Waals surface area (Å²) in [6, 6.07) is 15.7. The molecule has 0 spiro atoms. The van der Waals surface area contributed by atoms with Crippen LogP contribution in [0.5, 0.6) is 5.75 Å². The van der Waals surface area contributed by atoms with Crippen molar-refractivity contribution in [3.63, 3.8) is 0 Å². The number of aryl methyl sites for hydroxylation is 1. The second kappa shape index (κ2) is 5.53. The highest BCUT2D eigenvalue weighted by Gasteiger charge is 2.13. The zero-order valence-corrected chi connectivity index (χ0v) is 11.1. The largest absolute Gasteiger partial charge is 0.422 e. The molecule has 0 saturated carbocycles. The summed E-state index contributed by atoms with van der Waals surface area (Å²) in [7, 11) is 0. The van der Waals surface area contributed by atoms with E-state index in [0.717, 1.165) is 16.7 Å². The minimum Gasteiger partial charge on any atom is -0.422 e. The fourth-order valence-corrected chi connectivity index (χ4v) is 1.81. The second-order valence-corrected chi connectivity index (χ2v) is 4.49. The van der Waals surface area contributed by atoms with Crippen molar-refractivity contribution in [1.82, 2.24) is 0 Å². The molecule has 0 aromatic heterocycles. The Morgan fingerprint density at radius 1 is 1.05 bits per heavy atom. The maximum absolute atomic E-state index is 11.7. The summed E-state index contributed by atoms with van der Waals surface area (Å²) in [5, 5.41) is 0. The highest BCUT2D eigenvalue weighted by molar-refractivity contribution is 5.90. The van der Waals surface area contributed by atoms with Gasteiger partial charge in [-0.15, -0.1) is 0 Å². The lowest BCUT2D eigenvalue weighted by Gasteiger charge is -2.13. The van der Waals surface area contributed by atoms with E-state index < -0.39 is 5.97 Å². The molecule has 0 unspecified atom stereocenters. The molecule has 19 heavy (non-hydrogen) atoms. The monoisotopic (exact) mass is 252 g/mol. The number of ether oxygens (including phenoxy) is 1. The van der Waals surface area contributed by atoms with E-state index in [4.69, 9.17) is 4.74 Å². The number of carbonyl (C=O) groups is 1. The molecule has 0 atom stereocenters. The first kappa shape index (κ1) is 13.1. The van der Waals surface area contributed by atoms with E-state index in [1.807, 2.05) is 55.5 Å². The van der Waals surface area contributed by atoms with Crippen LogP contribution >= 0.6 is 0 Å². The summed E-state index contributed by atoms with van der Waals surface area (Å²) in [5.74, 6) is 0.202. The predicted molar refractivity (Wildman–Crippen MR) is 77.1 cm³/mol. The molecule has 0 amide bonds. The van der Waals surface area contributed by atoms with Crippen molar-refractivity contribution < 1.29 is 9.53 Å². The van der Waals surface area contributed by atoms with Crippen molar-refractivity contribution in [3.8, 4) is 16.9 Å². The van der Waals surface area contributed by atoms with Crippen molar-refractivity contribution in [1.29, 1.82) is 0 Å². The zero-order valence-electron chi connectivity index (χ0n) is 11.1. The van der Waals surface area contributed by atoms with Crippen molar-refractivity contribution in [2.24, 2.45) is 0 Å². The Labute approximate surface area is 113 Å². The van der Waals surface area contributed by atoms with Crippen LogP contribution in [0.25, 0.3) is 11.1 Å². The fourth-order valence-electron chi connectivity index (χ4n) is 1.81. The summed E-state index contributed by atoms with van der Waals surface area (Å²) in [6.07, 6.45) is 0. The Morgan fingerprint density at radius 2 is 1.74 bits per heavy atom. The second-order valence-electron chi connectivity index (χ2n) is 4.49. The van der Waals surface area contributed by atoms with E-state index in [0.29, 0.717) is 11.3 Å². The Kier molecular flexibility index (Phi) is 3.81. The standard InChI is InChI=1S/C17H16O2/c1-12(2)17(18)19-16-13(3)8-7-11-15(16)14-9-5-4-6-10-14/h4-11H,1H2,2-3H3. The summed E-state index contributed by atoms with van der Waals surface area (Å²) in [5.41, 5.74) is 3.25. The molecule has 2 nitrogen and oxygen atoms in total. The average Bonchev–Trinajstić information content (AvgIpc) is 2.41. The first-order chi connectivity index (χ1) is 9.09. The number of carbonyl (C=O) groups excluding carboxylic acids is 1. The summed E-state index contributed by atoms with van der Waals surface area (Å²) < 4.78 is 5.45. The number of esters is 1. The van der Waals surface area contributed by atoms with Gasteiger partial charge in [0.25, 0.3) is 0 Å². The average molecular weight is 252 g/mol. The topological polar surface area (TPSA) is 26.3 Å². The van der Waals surface area contributed by atoms with E-state index in [1.165, 1.54) is 0 Å². The number of benzene rings is 2. The molecule has 0 saturated heterocycles. The molecule has 0 aliphatic carbocycles. The molecule has 2 aromatic rings. The lowest BCUT2D eigenvalue weighted by molar-refractivity contribution is -0.130. The van der Waals surface area contributed by atoms with Crippen LogP contribution in [0.1, 0.15) is 12.5 Å². The normalized spacial score (nSPS) is 10.0. The van der Waals surface area contributed by atoms with Gasteiger partial charge in [0.15, 0.2) is 0 Å². The molecule has 0 fully saturated rings. The molecule has 0 aliphatic heterocycles. The van der Waals surface area contributed by atoms with Gasteiger partial charge >= 0.3 is 5.97 Å². The molecule has 0 radical (unpaired) electrons. The molecule has 2 aromatic carbocycles. The Bertz CT molecular complexity index is 612. The number of hydrogen-bond donors (Lipinski definition) is 0. The van der Waals surface area contributed by atoms with E-state index in [9.17, 15) is 4.79 Å². The van der Waals surface area contributed by atoms with Crippen LogP contribution in [0, 0.1) is 6.92 Å². The fraction of sp³-hybridized carbons (Fsp3) is 0.118. The van der Waals surface area contributed by atoms with Crippen LogP contribution in [-0.2, 0) is 4.79 Å². The summed E-state index contributed by atoms with van der Waals surface area (Å²) in [6.45, 7) is 7.17. The molecule has 2 rings (SSSR count). The Hall–Kier alpha value is -2.35. The van der Waals surface area contributed by atoms with E-state index >= 15 is 0 Å². The quantitative estimate of drug-likeness (QED) is 0.466. The van der Waals surface area contributed by atoms with Gasteiger partial charge in [-0.3, -0.25) is 0 Å². The van der Waals surface area contributed by atoms with Crippen LogP contribution in [-0.4, -0.2) is 5.97 Å². The van der Waals surface area contributed by atoms with Gasteiger partial charge in [0.05, 0.1) is 0 Å². The number of para-hydroxylation sites is 1. The first-order valence-electron chi connectivity index (χ1n) is 6.12. The highest BCUT2D eigenvalue weighted by atomic mass is 16.5. The van der Waals surface area contributed by atoms with Crippen LogP contribution in [0.3, 0.4) is 0 Å². The van der Waals surface area contributed by atoms with Crippen LogP contribution < -0.4 is 4.74 Å². The lowest BCUT2D eigenvalue weighted by atomic mass is 10.0. The van der Waals surface area contributed by atoms with Crippen LogP contribution in [0.15, 0.2) is 60.7 Å². The smallest absolute Gasteiger partial charge is 0.338 e. The lowest BCUT2D eigenvalue weighted by Crippen LogP contribution is -2.10. The van der Waals surface area contributed by atoms with Crippen molar-refractivity contribution in [3.05, 3.63) is 66.2 Å². The van der Waals surface area contributed by atoms with Gasteiger partial charge in [-0.1, -0.05) is 55.1 Å². The predicted octanol–water partition coefficient (Wildman–Crippen LogP) is 4.14. The van der Waals surface area contributed by atoms with Gasteiger partial charge in [-0.25, -0.2) is 4.79 Å². The molecule has 0 aliphatic rings. The SMILES string of the molecule is C=C(C)C(=O)Oc1c(C)cccc1-c1ccccc1.